The maximum Gasteiger partial charge on any atom is 0.407 e. The van der Waals surface area contributed by atoms with Crippen LogP contribution in [0.3, 0.4) is 0 Å². The zero-order chi connectivity index (χ0) is 17.0. The van der Waals surface area contributed by atoms with Crippen LogP contribution in [0.2, 0.25) is 5.15 Å². The molecule has 2 atom stereocenters. The van der Waals surface area contributed by atoms with Gasteiger partial charge in [-0.05, 0) is 19.8 Å². The van der Waals surface area contributed by atoms with Crippen molar-refractivity contribution < 1.29 is 19.4 Å². The number of carbonyl (C=O) groups excluding carboxylic acids is 1. The lowest BCUT2D eigenvalue weighted by molar-refractivity contribution is -0.0162. The molecular weight excluding hydrogens is 324 g/mol. The molecule has 1 aliphatic rings. The number of aromatic amines is 1. The van der Waals surface area contributed by atoms with Crippen LogP contribution in [0, 0.1) is 6.92 Å². The number of rotatable bonds is 5. The summed E-state index contributed by atoms with van der Waals surface area (Å²) in [5, 5.41) is 12.2. The summed E-state index contributed by atoms with van der Waals surface area (Å²) in [6.07, 6.45) is -0.0551. The highest BCUT2D eigenvalue weighted by atomic mass is 35.5. The van der Waals surface area contributed by atoms with Gasteiger partial charge >= 0.3 is 6.09 Å². The number of carboxylic acid groups (broad SMARTS) is 1. The second-order valence-electron chi connectivity index (χ2n) is 5.51. The number of nitrogens with zero attached hydrogens (tertiary/aromatic N) is 2. The topological polar surface area (TPSA) is 108 Å². The van der Waals surface area contributed by atoms with Gasteiger partial charge in [0.15, 0.2) is 11.0 Å². The quantitative estimate of drug-likeness (QED) is 0.752. The Bertz CT molecular complexity index is 558. The number of likely N-dealkylation sites (tertiary alicyclic amines) is 1. The van der Waals surface area contributed by atoms with Crippen molar-refractivity contribution in [2.75, 3.05) is 19.7 Å². The third-order valence-electron chi connectivity index (χ3n) is 3.72. The summed E-state index contributed by atoms with van der Waals surface area (Å²) in [5.74, 6) is -0.235. The number of aryl methyl sites for hydroxylation is 1. The summed E-state index contributed by atoms with van der Waals surface area (Å²) in [6.45, 7) is 4.79. The van der Waals surface area contributed by atoms with Gasteiger partial charge in [-0.2, -0.15) is 0 Å². The Morgan fingerprint density at radius 1 is 1.57 bits per heavy atom. The SMILES string of the molecule is CCCO[C@H]1CN(C(=O)O)CC[C@H]1NC(=O)c1nc(Cl)c(C)[nH]1. The van der Waals surface area contributed by atoms with E-state index in [-0.39, 0.29) is 35.6 Å². The third-order valence-corrected chi connectivity index (χ3v) is 4.09. The smallest absolute Gasteiger partial charge is 0.407 e. The number of amides is 2. The second-order valence-corrected chi connectivity index (χ2v) is 5.87. The number of ether oxygens (including phenoxy) is 1. The second kappa shape index (κ2) is 7.65. The minimum absolute atomic E-state index is 0.141. The van der Waals surface area contributed by atoms with Crippen molar-refractivity contribution in [2.45, 2.75) is 38.8 Å². The van der Waals surface area contributed by atoms with Gasteiger partial charge in [0.25, 0.3) is 5.91 Å². The maximum absolute atomic E-state index is 12.3. The van der Waals surface area contributed by atoms with Gasteiger partial charge in [0.05, 0.1) is 24.4 Å². The number of imidazole rings is 1. The van der Waals surface area contributed by atoms with Crippen LogP contribution in [-0.4, -0.2) is 63.8 Å². The van der Waals surface area contributed by atoms with Crippen LogP contribution < -0.4 is 5.32 Å². The van der Waals surface area contributed by atoms with E-state index in [4.69, 9.17) is 21.4 Å². The lowest BCUT2D eigenvalue weighted by Gasteiger charge is -2.37. The molecular formula is C14H21ClN4O4. The van der Waals surface area contributed by atoms with Crippen molar-refractivity contribution in [1.29, 1.82) is 0 Å². The van der Waals surface area contributed by atoms with Gasteiger partial charge in [-0.3, -0.25) is 4.79 Å². The molecule has 1 aromatic heterocycles. The summed E-state index contributed by atoms with van der Waals surface area (Å²) in [6, 6.07) is -0.270. The van der Waals surface area contributed by atoms with Crippen LogP contribution in [0.5, 0.6) is 0 Å². The van der Waals surface area contributed by atoms with Crippen LogP contribution in [-0.2, 0) is 4.74 Å². The summed E-state index contributed by atoms with van der Waals surface area (Å²) in [5.41, 5.74) is 0.622. The highest BCUT2D eigenvalue weighted by Gasteiger charge is 2.33. The Morgan fingerprint density at radius 3 is 2.87 bits per heavy atom. The van der Waals surface area contributed by atoms with Gasteiger partial charge in [-0.1, -0.05) is 18.5 Å². The third kappa shape index (κ3) is 4.35. The standard InChI is InChI=1S/C14H21ClN4O4/c1-3-6-23-10-7-19(14(21)22)5-4-9(10)17-13(20)12-16-8(2)11(15)18-12/h9-10H,3-7H2,1-2H3,(H,16,18)(H,17,20)(H,21,22)/t9-,10+/m1/s1. The average Bonchev–Trinajstić information content (AvgIpc) is 2.85. The molecule has 2 heterocycles. The number of hydrogen-bond acceptors (Lipinski definition) is 4. The number of H-pyrrole nitrogens is 1. The molecule has 0 saturated carbocycles. The fourth-order valence-electron chi connectivity index (χ4n) is 2.48. The Labute approximate surface area is 139 Å². The van der Waals surface area contributed by atoms with Crippen LogP contribution >= 0.6 is 11.6 Å². The van der Waals surface area contributed by atoms with E-state index in [0.29, 0.717) is 25.3 Å². The number of piperidine rings is 1. The molecule has 128 valence electrons. The van der Waals surface area contributed by atoms with E-state index in [1.807, 2.05) is 6.92 Å². The number of nitrogens with one attached hydrogen (secondary N) is 2. The molecule has 1 aromatic rings. The zero-order valence-corrected chi connectivity index (χ0v) is 13.9. The van der Waals surface area contributed by atoms with Gasteiger partial charge < -0.3 is 25.0 Å². The lowest BCUT2D eigenvalue weighted by Crippen LogP contribution is -2.56. The highest BCUT2D eigenvalue weighted by Crippen LogP contribution is 2.16. The van der Waals surface area contributed by atoms with Crippen LogP contribution in [0.15, 0.2) is 0 Å². The summed E-state index contributed by atoms with van der Waals surface area (Å²) in [4.78, 5) is 31.5. The fraction of sp³-hybridized carbons (Fsp3) is 0.643. The molecule has 8 nitrogen and oxygen atoms in total. The highest BCUT2D eigenvalue weighted by molar-refractivity contribution is 6.30. The Balaban J connectivity index is 2.03. The van der Waals surface area contributed by atoms with E-state index in [1.54, 1.807) is 6.92 Å². The van der Waals surface area contributed by atoms with E-state index in [2.05, 4.69) is 15.3 Å². The van der Waals surface area contributed by atoms with Crippen molar-refractivity contribution in [3.8, 4) is 0 Å². The van der Waals surface area contributed by atoms with Gasteiger partial charge in [-0.15, -0.1) is 0 Å². The van der Waals surface area contributed by atoms with Crippen molar-refractivity contribution in [2.24, 2.45) is 0 Å². The number of carbonyl (C=O) groups is 2. The minimum Gasteiger partial charge on any atom is -0.465 e. The Kier molecular flexibility index (Phi) is 5.84. The largest absolute Gasteiger partial charge is 0.465 e. The maximum atomic E-state index is 12.3. The predicted molar refractivity (Wildman–Crippen MR) is 83.8 cm³/mol. The fourth-order valence-corrected chi connectivity index (χ4v) is 2.61. The van der Waals surface area contributed by atoms with E-state index >= 15 is 0 Å². The number of hydrogen-bond donors (Lipinski definition) is 3. The van der Waals surface area contributed by atoms with Crippen LogP contribution in [0.4, 0.5) is 4.79 Å². The van der Waals surface area contributed by atoms with Crippen LogP contribution in [0.25, 0.3) is 0 Å². The minimum atomic E-state index is -0.978. The molecule has 1 aliphatic heterocycles. The zero-order valence-electron chi connectivity index (χ0n) is 13.1. The summed E-state index contributed by atoms with van der Waals surface area (Å²) < 4.78 is 5.71. The van der Waals surface area contributed by atoms with Crippen molar-refractivity contribution in [3.05, 3.63) is 16.7 Å². The average molecular weight is 345 g/mol. The van der Waals surface area contributed by atoms with Gasteiger partial charge in [0.2, 0.25) is 0 Å². The summed E-state index contributed by atoms with van der Waals surface area (Å²) in [7, 11) is 0. The summed E-state index contributed by atoms with van der Waals surface area (Å²) >= 11 is 5.85. The number of halogens is 1. The normalized spacial score (nSPS) is 21.3. The van der Waals surface area contributed by atoms with E-state index < -0.39 is 6.09 Å². The molecule has 1 fully saturated rings. The van der Waals surface area contributed by atoms with Crippen molar-refractivity contribution >= 4 is 23.6 Å². The first-order valence-corrected chi connectivity index (χ1v) is 7.92. The molecule has 1 saturated heterocycles. The van der Waals surface area contributed by atoms with E-state index in [0.717, 1.165) is 6.42 Å². The van der Waals surface area contributed by atoms with Crippen LogP contribution in [0.1, 0.15) is 36.1 Å². The van der Waals surface area contributed by atoms with Crippen molar-refractivity contribution in [3.63, 3.8) is 0 Å². The van der Waals surface area contributed by atoms with Gasteiger partial charge in [-0.25, -0.2) is 9.78 Å². The molecule has 3 N–H and O–H groups in total. The molecule has 0 unspecified atom stereocenters. The first-order valence-electron chi connectivity index (χ1n) is 7.54. The molecule has 0 radical (unpaired) electrons. The predicted octanol–water partition coefficient (Wildman–Crippen LogP) is 1.65. The Morgan fingerprint density at radius 2 is 2.30 bits per heavy atom. The molecule has 2 amide bonds. The van der Waals surface area contributed by atoms with E-state index in [1.165, 1.54) is 4.90 Å². The van der Waals surface area contributed by atoms with Crippen molar-refractivity contribution in [1.82, 2.24) is 20.2 Å². The molecule has 0 aromatic carbocycles. The number of aromatic nitrogens is 2. The molecule has 0 aliphatic carbocycles. The molecule has 2 rings (SSSR count). The molecule has 0 bridgehead atoms. The monoisotopic (exact) mass is 344 g/mol. The molecule has 9 heteroatoms. The first kappa shape index (κ1) is 17.6. The molecule has 23 heavy (non-hydrogen) atoms. The van der Waals surface area contributed by atoms with Gasteiger partial charge in [0, 0.05) is 13.2 Å². The first-order chi connectivity index (χ1) is 10.9. The van der Waals surface area contributed by atoms with E-state index in [9.17, 15) is 9.59 Å². The van der Waals surface area contributed by atoms with Gasteiger partial charge in [0.1, 0.15) is 0 Å². The lowest BCUT2D eigenvalue weighted by atomic mass is 10.0. The molecule has 0 spiro atoms. The Hall–Kier alpha value is -1.80.